The van der Waals surface area contributed by atoms with E-state index in [9.17, 15) is 0 Å². The van der Waals surface area contributed by atoms with Gasteiger partial charge in [-0.15, -0.1) is 0 Å². The predicted molar refractivity (Wildman–Crippen MR) is 34.4 cm³/mol. The first-order valence-corrected chi connectivity index (χ1v) is 2.73. The van der Waals surface area contributed by atoms with Gasteiger partial charge in [-0.25, -0.2) is 15.0 Å². The van der Waals surface area contributed by atoms with Gasteiger partial charge < -0.3 is 4.98 Å². The van der Waals surface area contributed by atoms with E-state index >= 15 is 0 Å². The first-order chi connectivity index (χ1) is 4.88. The second-order valence-electron chi connectivity index (χ2n) is 1.82. The second kappa shape index (κ2) is 1.66. The van der Waals surface area contributed by atoms with Crippen molar-refractivity contribution in [2.45, 2.75) is 0 Å². The summed E-state index contributed by atoms with van der Waals surface area (Å²) in [6.07, 6.45) is 2.83. The molecular formula is C5H4N5. The Morgan fingerprint density at radius 3 is 3.00 bits per heavy atom. The van der Waals surface area contributed by atoms with Crippen molar-refractivity contribution in [2.24, 2.45) is 0 Å². The fourth-order valence-electron chi connectivity index (χ4n) is 0.765. The number of H-pyrrole nitrogens is 1. The molecule has 5 nitrogen and oxygen atoms in total. The normalized spacial score (nSPS) is 10.4. The summed E-state index contributed by atoms with van der Waals surface area (Å²) in [7, 11) is 0. The van der Waals surface area contributed by atoms with Crippen molar-refractivity contribution in [1.29, 1.82) is 0 Å². The van der Waals surface area contributed by atoms with E-state index in [0.29, 0.717) is 11.2 Å². The molecule has 0 saturated carbocycles. The highest BCUT2D eigenvalue weighted by Gasteiger charge is 2.00. The quantitative estimate of drug-likeness (QED) is 0.561. The van der Waals surface area contributed by atoms with E-state index in [1.807, 2.05) is 0 Å². The molecule has 0 bridgehead atoms. The molecule has 2 N–H and O–H groups in total. The van der Waals surface area contributed by atoms with E-state index in [0.717, 1.165) is 0 Å². The monoisotopic (exact) mass is 134 g/mol. The van der Waals surface area contributed by atoms with E-state index in [-0.39, 0.29) is 5.82 Å². The minimum atomic E-state index is 0.159. The SMILES string of the molecule is [NH]c1ncnc2[nH]cnc12. The summed E-state index contributed by atoms with van der Waals surface area (Å²) < 4.78 is 0. The van der Waals surface area contributed by atoms with Gasteiger partial charge in [0.1, 0.15) is 6.33 Å². The lowest BCUT2D eigenvalue weighted by Crippen LogP contribution is -1.82. The Bertz CT molecular complexity index is 352. The molecule has 0 atom stereocenters. The number of rotatable bonds is 0. The van der Waals surface area contributed by atoms with Gasteiger partial charge in [-0.05, 0) is 0 Å². The third-order valence-electron chi connectivity index (χ3n) is 1.22. The summed E-state index contributed by atoms with van der Waals surface area (Å²) in [6.45, 7) is 0. The fourth-order valence-corrected chi connectivity index (χ4v) is 0.765. The van der Waals surface area contributed by atoms with Gasteiger partial charge in [0.15, 0.2) is 17.0 Å². The lowest BCUT2D eigenvalue weighted by atomic mass is 10.5. The topological polar surface area (TPSA) is 78.3 Å². The molecule has 2 rings (SSSR count). The number of hydrogen-bond donors (Lipinski definition) is 1. The van der Waals surface area contributed by atoms with Gasteiger partial charge in [0.05, 0.1) is 6.33 Å². The first-order valence-electron chi connectivity index (χ1n) is 2.73. The third kappa shape index (κ3) is 0.540. The van der Waals surface area contributed by atoms with E-state index in [1.54, 1.807) is 0 Å². The smallest absolute Gasteiger partial charge is 0.176 e. The number of fused-ring (bicyclic) bond motifs is 1. The largest absolute Gasteiger partial charge is 0.329 e. The Labute approximate surface area is 56.3 Å². The molecule has 0 aliphatic rings. The number of aromatic nitrogens is 4. The molecular weight excluding hydrogens is 130 g/mol. The number of nitrogens with zero attached hydrogens (tertiary/aromatic N) is 3. The zero-order chi connectivity index (χ0) is 6.97. The predicted octanol–water partition coefficient (Wildman–Crippen LogP) is 0.267. The molecule has 0 unspecified atom stereocenters. The summed E-state index contributed by atoms with van der Waals surface area (Å²) in [5.74, 6) is 0.159. The van der Waals surface area contributed by atoms with Gasteiger partial charge in [-0.1, -0.05) is 0 Å². The summed E-state index contributed by atoms with van der Waals surface area (Å²) in [5.41, 5.74) is 8.37. The second-order valence-corrected chi connectivity index (χ2v) is 1.82. The van der Waals surface area contributed by atoms with Crippen LogP contribution in [0.3, 0.4) is 0 Å². The minimum Gasteiger partial charge on any atom is -0.329 e. The lowest BCUT2D eigenvalue weighted by Gasteiger charge is -1.87. The van der Waals surface area contributed by atoms with Crippen molar-refractivity contribution in [3.8, 4) is 0 Å². The average molecular weight is 134 g/mol. The standard InChI is InChI=1S/C5H4N5/c6-4-3-5(9-1-7-3)10-2-8-4/h1-2,6H,(H,7,8,9,10). The van der Waals surface area contributed by atoms with Crippen LogP contribution in [0, 0.1) is 0 Å². The van der Waals surface area contributed by atoms with Gasteiger partial charge in [0, 0.05) is 0 Å². The molecule has 0 amide bonds. The van der Waals surface area contributed by atoms with E-state index in [2.05, 4.69) is 19.9 Å². The van der Waals surface area contributed by atoms with Crippen molar-refractivity contribution >= 4 is 17.0 Å². The van der Waals surface area contributed by atoms with Crippen LogP contribution in [0.15, 0.2) is 12.7 Å². The highest BCUT2D eigenvalue weighted by Crippen LogP contribution is 2.10. The molecule has 0 saturated heterocycles. The zero-order valence-electron chi connectivity index (χ0n) is 5.00. The van der Waals surface area contributed by atoms with E-state index < -0.39 is 0 Å². The van der Waals surface area contributed by atoms with E-state index in [4.69, 9.17) is 5.73 Å². The third-order valence-corrected chi connectivity index (χ3v) is 1.22. The fraction of sp³-hybridized carbons (Fsp3) is 0. The van der Waals surface area contributed by atoms with Gasteiger partial charge in [0.2, 0.25) is 0 Å². The van der Waals surface area contributed by atoms with Crippen LogP contribution in [0.25, 0.3) is 11.2 Å². The molecule has 2 heterocycles. The first kappa shape index (κ1) is 5.16. The highest BCUT2D eigenvalue weighted by atomic mass is 15.0. The summed E-state index contributed by atoms with van der Waals surface area (Å²) in [5, 5.41) is 0. The molecule has 2 aromatic heterocycles. The van der Waals surface area contributed by atoms with Crippen molar-refractivity contribution in [2.75, 3.05) is 0 Å². The Hall–Kier alpha value is -1.65. The molecule has 49 valence electrons. The Balaban J connectivity index is 2.95. The average Bonchev–Trinajstić information content (AvgIpc) is 2.36. The molecule has 0 spiro atoms. The van der Waals surface area contributed by atoms with Crippen LogP contribution in [0.4, 0.5) is 5.82 Å². The van der Waals surface area contributed by atoms with Crippen molar-refractivity contribution in [3.05, 3.63) is 12.7 Å². The highest BCUT2D eigenvalue weighted by molar-refractivity contribution is 5.78. The van der Waals surface area contributed by atoms with Gasteiger partial charge in [-0.3, -0.25) is 5.73 Å². The minimum absolute atomic E-state index is 0.159. The summed E-state index contributed by atoms with van der Waals surface area (Å²) in [6, 6.07) is 0. The zero-order valence-corrected chi connectivity index (χ0v) is 5.00. The van der Waals surface area contributed by atoms with Crippen molar-refractivity contribution < 1.29 is 0 Å². The Morgan fingerprint density at radius 2 is 2.20 bits per heavy atom. The lowest BCUT2D eigenvalue weighted by molar-refractivity contribution is 1.17. The van der Waals surface area contributed by atoms with E-state index in [1.165, 1.54) is 12.7 Å². The van der Waals surface area contributed by atoms with Gasteiger partial charge in [0.25, 0.3) is 0 Å². The van der Waals surface area contributed by atoms with Crippen molar-refractivity contribution in [3.63, 3.8) is 0 Å². The molecule has 1 radical (unpaired) electrons. The molecule has 0 aliphatic carbocycles. The molecule has 0 aliphatic heterocycles. The van der Waals surface area contributed by atoms with Crippen LogP contribution in [-0.2, 0) is 0 Å². The van der Waals surface area contributed by atoms with Crippen LogP contribution in [0.1, 0.15) is 0 Å². The molecule has 0 fully saturated rings. The maximum Gasteiger partial charge on any atom is 0.176 e. The maximum atomic E-state index is 7.25. The van der Waals surface area contributed by atoms with Crippen LogP contribution in [0.5, 0.6) is 0 Å². The number of aromatic amines is 1. The number of imidazole rings is 1. The summed E-state index contributed by atoms with van der Waals surface area (Å²) >= 11 is 0. The van der Waals surface area contributed by atoms with Gasteiger partial charge >= 0.3 is 0 Å². The van der Waals surface area contributed by atoms with Crippen molar-refractivity contribution in [1.82, 2.24) is 25.7 Å². The molecule has 5 heteroatoms. The Kier molecular flexibility index (Phi) is 0.858. The molecule has 2 aromatic rings. The van der Waals surface area contributed by atoms with Crippen LogP contribution < -0.4 is 5.73 Å². The van der Waals surface area contributed by atoms with Crippen LogP contribution >= 0.6 is 0 Å². The van der Waals surface area contributed by atoms with Crippen LogP contribution in [0.2, 0.25) is 0 Å². The van der Waals surface area contributed by atoms with Gasteiger partial charge in [-0.2, -0.15) is 0 Å². The maximum absolute atomic E-state index is 7.25. The number of hydrogen-bond acceptors (Lipinski definition) is 3. The molecule has 10 heavy (non-hydrogen) atoms. The van der Waals surface area contributed by atoms with Crippen LogP contribution in [-0.4, -0.2) is 19.9 Å². The number of nitrogens with one attached hydrogen (secondary N) is 2. The Morgan fingerprint density at radius 1 is 1.30 bits per heavy atom. The molecule has 0 aromatic carbocycles. The summed E-state index contributed by atoms with van der Waals surface area (Å²) in [4.78, 5) is 14.1.